The molecule has 2 N–H and O–H groups in total. The van der Waals surface area contributed by atoms with Gasteiger partial charge in [-0.25, -0.2) is 0 Å². The first-order valence-corrected chi connectivity index (χ1v) is 6.56. The van der Waals surface area contributed by atoms with Gasteiger partial charge in [-0.2, -0.15) is 0 Å². The number of hydrogen-bond donors (Lipinski definition) is 1. The first kappa shape index (κ1) is 12.1. The van der Waals surface area contributed by atoms with E-state index in [0.717, 1.165) is 22.9 Å². The van der Waals surface area contributed by atoms with Gasteiger partial charge in [-0.05, 0) is 25.3 Å². The molecule has 0 amide bonds. The number of nitrogen functional groups attached to an aromatic ring is 1. The van der Waals surface area contributed by atoms with E-state index in [1.165, 1.54) is 10.4 Å². The molecule has 0 saturated heterocycles. The molecule has 0 atom stereocenters. The van der Waals surface area contributed by atoms with E-state index in [1.807, 2.05) is 0 Å². The van der Waals surface area contributed by atoms with Crippen molar-refractivity contribution in [1.29, 1.82) is 0 Å². The molecule has 0 bridgehead atoms. The van der Waals surface area contributed by atoms with Crippen molar-refractivity contribution in [3.05, 3.63) is 16.8 Å². The smallest absolute Gasteiger partial charge is 0.167 e. The molecule has 2 aromatic rings. The molecule has 0 spiro atoms. The van der Waals surface area contributed by atoms with Crippen LogP contribution >= 0.6 is 11.3 Å². The zero-order valence-corrected chi connectivity index (χ0v) is 11.5. The quantitative estimate of drug-likeness (QED) is 0.911. The average molecular weight is 250 g/mol. The van der Waals surface area contributed by atoms with Gasteiger partial charge in [0.15, 0.2) is 5.82 Å². The molecule has 0 aliphatic heterocycles. The van der Waals surface area contributed by atoms with Crippen LogP contribution in [0.15, 0.2) is 6.33 Å². The van der Waals surface area contributed by atoms with Crippen LogP contribution < -0.4 is 5.73 Å². The maximum absolute atomic E-state index is 6.07. The predicted octanol–water partition coefficient (Wildman–Crippen LogP) is 2.86. The SMILES string of the molecule is Cc1sc(N)c(-c2nncn2CC(C)C)c1C. The Bertz CT molecular complexity index is 525. The standard InChI is InChI=1S/C12H18N4S/c1-7(2)5-16-6-14-15-12(16)10-8(3)9(4)17-11(10)13/h6-7H,5,13H2,1-4H3. The number of hydrogen-bond acceptors (Lipinski definition) is 4. The number of anilines is 1. The molecule has 0 aliphatic carbocycles. The van der Waals surface area contributed by atoms with Gasteiger partial charge in [0, 0.05) is 11.4 Å². The van der Waals surface area contributed by atoms with E-state index >= 15 is 0 Å². The molecule has 2 heterocycles. The highest BCUT2D eigenvalue weighted by molar-refractivity contribution is 7.16. The van der Waals surface area contributed by atoms with E-state index < -0.39 is 0 Å². The van der Waals surface area contributed by atoms with Crippen LogP contribution in [0.25, 0.3) is 11.4 Å². The van der Waals surface area contributed by atoms with Crippen molar-refractivity contribution < 1.29 is 0 Å². The molecule has 0 saturated carbocycles. The summed E-state index contributed by atoms with van der Waals surface area (Å²) in [6.45, 7) is 9.45. The normalized spacial score (nSPS) is 11.4. The number of aryl methyl sites for hydroxylation is 1. The Morgan fingerprint density at radius 1 is 1.41 bits per heavy atom. The number of aromatic nitrogens is 3. The summed E-state index contributed by atoms with van der Waals surface area (Å²) in [6.07, 6.45) is 1.78. The Hall–Kier alpha value is -1.36. The van der Waals surface area contributed by atoms with Gasteiger partial charge >= 0.3 is 0 Å². The van der Waals surface area contributed by atoms with Crippen LogP contribution in [0.1, 0.15) is 24.3 Å². The second-order valence-corrected chi connectivity index (χ2v) is 5.98. The number of thiophene rings is 1. The van der Waals surface area contributed by atoms with Gasteiger partial charge in [0.05, 0.1) is 10.6 Å². The third kappa shape index (κ3) is 2.20. The van der Waals surface area contributed by atoms with Crippen molar-refractivity contribution in [1.82, 2.24) is 14.8 Å². The number of nitrogens with zero attached hydrogens (tertiary/aromatic N) is 3. The topological polar surface area (TPSA) is 56.7 Å². The fourth-order valence-corrected chi connectivity index (χ4v) is 2.84. The molecule has 2 aromatic heterocycles. The summed E-state index contributed by atoms with van der Waals surface area (Å²) in [5.74, 6) is 1.45. The molecule has 0 aromatic carbocycles. The van der Waals surface area contributed by atoms with E-state index in [2.05, 4.69) is 42.5 Å². The summed E-state index contributed by atoms with van der Waals surface area (Å²) in [7, 11) is 0. The number of nitrogens with two attached hydrogens (primary N) is 1. The summed E-state index contributed by atoms with van der Waals surface area (Å²) in [6, 6.07) is 0. The zero-order chi connectivity index (χ0) is 12.6. The van der Waals surface area contributed by atoms with Crippen molar-refractivity contribution in [3.63, 3.8) is 0 Å². The minimum Gasteiger partial charge on any atom is -0.390 e. The van der Waals surface area contributed by atoms with E-state index in [4.69, 9.17) is 5.73 Å². The summed E-state index contributed by atoms with van der Waals surface area (Å²) in [5.41, 5.74) is 8.33. The van der Waals surface area contributed by atoms with E-state index in [0.29, 0.717) is 5.92 Å². The highest BCUT2D eigenvalue weighted by Gasteiger charge is 2.17. The van der Waals surface area contributed by atoms with Crippen molar-refractivity contribution in [3.8, 4) is 11.4 Å². The van der Waals surface area contributed by atoms with Crippen molar-refractivity contribution in [2.45, 2.75) is 34.2 Å². The van der Waals surface area contributed by atoms with Gasteiger partial charge in [-0.3, -0.25) is 0 Å². The van der Waals surface area contributed by atoms with Gasteiger partial charge in [0.2, 0.25) is 0 Å². The molecular formula is C12H18N4S. The van der Waals surface area contributed by atoms with E-state index in [-0.39, 0.29) is 0 Å². The lowest BCUT2D eigenvalue weighted by molar-refractivity contribution is 0.525. The Morgan fingerprint density at radius 2 is 2.12 bits per heavy atom. The molecule has 92 valence electrons. The fourth-order valence-electron chi connectivity index (χ4n) is 1.91. The van der Waals surface area contributed by atoms with Gasteiger partial charge in [0.25, 0.3) is 0 Å². The summed E-state index contributed by atoms with van der Waals surface area (Å²) in [4.78, 5) is 1.25. The lowest BCUT2D eigenvalue weighted by Crippen LogP contribution is -2.06. The predicted molar refractivity (Wildman–Crippen MR) is 72.1 cm³/mol. The van der Waals surface area contributed by atoms with Crippen LogP contribution in [-0.4, -0.2) is 14.8 Å². The first-order chi connectivity index (χ1) is 8.00. The van der Waals surface area contributed by atoms with Crippen LogP contribution in [0.5, 0.6) is 0 Å². The molecule has 17 heavy (non-hydrogen) atoms. The van der Waals surface area contributed by atoms with Crippen LogP contribution in [0, 0.1) is 19.8 Å². The van der Waals surface area contributed by atoms with Crippen LogP contribution in [-0.2, 0) is 6.54 Å². The molecular weight excluding hydrogens is 232 g/mol. The third-order valence-electron chi connectivity index (χ3n) is 2.81. The maximum Gasteiger partial charge on any atom is 0.167 e. The average Bonchev–Trinajstić information content (AvgIpc) is 2.73. The molecule has 0 radical (unpaired) electrons. The first-order valence-electron chi connectivity index (χ1n) is 5.74. The maximum atomic E-state index is 6.07. The van der Waals surface area contributed by atoms with Crippen LogP contribution in [0.4, 0.5) is 5.00 Å². The Balaban J connectivity index is 2.49. The molecule has 0 unspecified atom stereocenters. The van der Waals surface area contributed by atoms with E-state index in [9.17, 15) is 0 Å². The second-order valence-electron chi connectivity index (χ2n) is 4.72. The van der Waals surface area contributed by atoms with Crippen molar-refractivity contribution in [2.24, 2.45) is 5.92 Å². The Morgan fingerprint density at radius 3 is 2.65 bits per heavy atom. The van der Waals surface area contributed by atoms with E-state index in [1.54, 1.807) is 17.7 Å². The summed E-state index contributed by atoms with van der Waals surface area (Å²) >= 11 is 1.62. The third-order valence-corrected chi connectivity index (χ3v) is 3.85. The Labute approximate surface area is 105 Å². The molecule has 5 heteroatoms. The minimum absolute atomic E-state index is 0.561. The van der Waals surface area contributed by atoms with Crippen molar-refractivity contribution in [2.75, 3.05) is 5.73 Å². The summed E-state index contributed by atoms with van der Waals surface area (Å²) < 4.78 is 2.08. The molecule has 0 fully saturated rings. The second kappa shape index (κ2) is 4.49. The lowest BCUT2D eigenvalue weighted by atomic mass is 10.1. The summed E-state index contributed by atoms with van der Waals surface area (Å²) in [5, 5.41) is 9.05. The monoisotopic (exact) mass is 250 g/mol. The lowest BCUT2D eigenvalue weighted by Gasteiger charge is -2.09. The van der Waals surface area contributed by atoms with Gasteiger partial charge < -0.3 is 10.3 Å². The van der Waals surface area contributed by atoms with Gasteiger partial charge in [-0.1, -0.05) is 13.8 Å². The van der Waals surface area contributed by atoms with Crippen LogP contribution in [0.3, 0.4) is 0 Å². The highest BCUT2D eigenvalue weighted by atomic mass is 32.1. The Kier molecular flexibility index (Phi) is 3.19. The molecule has 4 nitrogen and oxygen atoms in total. The number of rotatable bonds is 3. The van der Waals surface area contributed by atoms with Crippen molar-refractivity contribution >= 4 is 16.3 Å². The fraction of sp³-hybridized carbons (Fsp3) is 0.500. The van der Waals surface area contributed by atoms with Gasteiger partial charge in [0.1, 0.15) is 6.33 Å². The van der Waals surface area contributed by atoms with Gasteiger partial charge in [-0.15, -0.1) is 21.5 Å². The largest absolute Gasteiger partial charge is 0.390 e. The molecule has 2 rings (SSSR count). The molecule has 0 aliphatic rings. The minimum atomic E-state index is 0.561. The highest BCUT2D eigenvalue weighted by Crippen LogP contribution is 2.36. The zero-order valence-electron chi connectivity index (χ0n) is 10.7. The van der Waals surface area contributed by atoms with Crippen LogP contribution in [0.2, 0.25) is 0 Å².